The number of amides is 1. The fraction of sp³-hybridized carbons (Fsp3) is 0.143. The van der Waals surface area contributed by atoms with Crippen LogP contribution in [0.2, 0.25) is 0 Å². The minimum absolute atomic E-state index is 0.112. The van der Waals surface area contributed by atoms with Gasteiger partial charge in [-0.2, -0.15) is 0 Å². The standard InChI is InChI=1S/C21H18N2O5/c1-13(24)16-9-6-10-17(11-16)22-18(25)12-27-21(26)19-14(2)28-23-20(19)15-7-4-3-5-8-15/h3-11H,12H2,1-2H3,(H,22,25). The number of ketones is 1. The summed E-state index contributed by atoms with van der Waals surface area (Å²) in [6.45, 7) is 2.56. The Kier molecular flexibility index (Phi) is 5.64. The summed E-state index contributed by atoms with van der Waals surface area (Å²) >= 11 is 0. The van der Waals surface area contributed by atoms with Crippen LogP contribution in [0.5, 0.6) is 0 Å². The maximum absolute atomic E-state index is 12.5. The second kappa shape index (κ2) is 8.30. The Balaban J connectivity index is 1.66. The maximum Gasteiger partial charge on any atom is 0.344 e. The average molecular weight is 378 g/mol. The molecule has 2 aromatic carbocycles. The number of nitrogens with one attached hydrogen (secondary N) is 1. The van der Waals surface area contributed by atoms with Crippen molar-refractivity contribution in [2.24, 2.45) is 0 Å². The molecule has 1 aromatic heterocycles. The van der Waals surface area contributed by atoms with Gasteiger partial charge in [-0.3, -0.25) is 9.59 Å². The molecular weight excluding hydrogens is 360 g/mol. The van der Waals surface area contributed by atoms with Crippen molar-refractivity contribution in [1.29, 1.82) is 0 Å². The van der Waals surface area contributed by atoms with Crippen LogP contribution in [-0.4, -0.2) is 29.4 Å². The number of nitrogens with zero attached hydrogens (tertiary/aromatic N) is 1. The summed E-state index contributed by atoms with van der Waals surface area (Å²) in [4.78, 5) is 36.0. The van der Waals surface area contributed by atoms with Gasteiger partial charge in [0.05, 0.1) is 0 Å². The van der Waals surface area contributed by atoms with Crippen LogP contribution >= 0.6 is 0 Å². The molecule has 7 heteroatoms. The lowest BCUT2D eigenvalue weighted by molar-refractivity contribution is -0.119. The SMILES string of the molecule is CC(=O)c1cccc(NC(=O)COC(=O)c2c(-c3ccccc3)noc2C)c1. The van der Waals surface area contributed by atoms with Crippen LogP contribution in [0.15, 0.2) is 59.1 Å². The number of aromatic nitrogens is 1. The third-order valence-electron chi connectivity index (χ3n) is 4.00. The number of hydrogen-bond donors (Lipinski definition) is 1. The van der Waals surface area contributed by atoms with Gasteiger partial charge in [0.2, 0.25) is 0 Å². The van der Waals surface area contributed by atoms with Crippen molar-refractivity contribution >= 4 is 23.3 Å². The Bertz CT molecular complexity index is 1020. The first-order valence-electron chi connectivity index (χ1n) is 8.55. The molecule has 0 fully saturated rings. The highest BCUT2D eigenvalue weighted by molar-refractivity contribution is 6.00. The number of aryl methyl sites for hydroxylation is 1. The molecule has 0 bridgehead atoms. The molecule has 7 nitrogen and oxygen atoms in total. The maximum atomic E-state index is 12.5. The predicted octanol–water partition coefficient (Wildman–Crippen LogP) is 3.65. The van der Waals surface area contributed by atoms with E-state index in [1.807, 2.05) is 18.2 Å². The highest BCUT2D eigenvalue weighted by atomic mass is 16.5. The van der Waals surface area contributed by atoms with E-state index in [1.54, 1.807) is 43.3 Å². The third kappa shape index (κ3) is 4.32. The van der Waals surface area contributed by atoms with Crippen LogP contribution in [0, 0.1) is 6.92 Å². The van der Waals surface area contributed by atoms with Crippen LogP contribution < -0.4 is 5.32 Å². The van der Waals surface area contributed by atoms with E-state index in [4.69, 9.17) is 9.26 Å². The number of esters is 1. The molecule has 0 aliphatic carbocycles. The van der Waals surface area contributed by atoms with E-state index in [2.05, 4.69) is 10.5 Å². The molecule has 0 aliphatic rings. The van der Waals surface area contributed by atoms with Gasteiger partial charge in [0, 0.05) is 16.8 Å². The van der Waals surface area contributed by atoms with Gasteiger partial charge in [0.25, 0.3) is 5.91 Å². The zero-order valence-electron chi connectivity index (χ0n) is 15.4. The van der Waals surface area contributed by atoms with E-state index in [0.29, 0.717) is 28.3 Å². The second-order valence-corrected chi connectivity index (χ2v) is 6.09. The summed E-state index contributed by atoms with van der Waals surface area (Å²) < 4.78 is 10.2. The molecule has 28 heavy (non-hydrogen) atoms. The van der Waals surface area contributed by atoms with Gasteiger partial charge in [-0.25, -0.2) is 4.79 Å². The second-order valence-electron chi connectivity index (χ2n) is 6.09. The molecular formula is C21H18N2O5. The van der Waals surface area contributed by atoms with E-state index in [-0.39, 0.29) is 11.3 Å². The minimum atomic E-state index is -0.703. The first kappa shape index (κ1) is 19.0. The van der Waals surface area contributed by atoms with Crippen LogP contribution in [-0.2, 0) is 9.53 Å². The van der Waals surface area contributed by atoms with Crippen LogP contribution in [0.4, 0.5) is 5.69 Å². The Morgan fingerprint density at radius 1 is 1.07 bits per heavy atom. The van der Waals surface area contributed by atoms with Gasteiger partial charge in [-0.05, 0) is 26.0 Å². The lowest BCUT2D eigenvalue weighted by atomic mass is 10.1. The molecule has 1 heterocycles. The highest BCUT2D eigenvalue weighted by Crippen LogP contribution is 2.25. The lowest BCUT2D eigenvalue weighted by Gasteiger charge is -2.08. The molecule has 0 aliphatic heterocycles. The van der Waals surface area contributed by atoms with Gasteiger partial charge < -0.3 is 14.6 Å². The zero-order chi connectivity index (χ0) is 20.1. The largest absolute Gasteiger partial charge is 0.452 e. The predicted molar refractivity (Wildman–Crippen MR) is 102 cm³/mol. The van der Waals surface area contributed by atoms with Gasteiger partial charge in [0.1, 0.15) is 17.0 Å². The number of carbonyl (C=O) groups excluding carboxylic acids is 3. The lowest BCUT2D eigenvalue weighted by Crippen LogP contribution is -2.21. The van der Waals surface area contributed by atoms with Crippen molar-refractivity contribution in [3.05, 3.63) is 71.5 Å². The number of Topliss-reactive ketones (excluding diaryl/α,β-unsaturated/α-hetero) is 1. The quantitative estimate of drug-likeness (QED) is 0.519. The van der Waals surface area contributed by atoms with Crippen molar-refractivity contribution in [2.75, 3.05) is 11.9 Å². The summed E-state index contributed by atoms with van der Waals surface area (Å²) in [7, 11) is 0. The van der Waals surface area contributed by atoms with E-state index < -0.39 is 18.5 Å². The van der Waals surface area contributed by atoms with Crippen LogP contribution in [0.1, 0.15) is 33.4 Å². The number of hydrogen-bond acceptors (Lipinski definition) is 6. The first-order chi connectivity index (χ1) is 13.5. The molecule has 0 atom stereocenters. The molecule has 3 aromatic rings. The monoisotopic (exact) mass is 378 g/mol. The van der Waals surface area contributed by atoms with Crippen LogP contribution in [0.25, 0.3) is 11.3 Å². The molecule has 0 radical (unpaired) electrons. The fourth-order valence-corrected chi connectivity index (χ4v) is 2.62. The number of ether oxygens (including phenoxy) is 1. The zero-order valence-corrected chi connectivity index (χ0v) is 15.4. The van der Waals surface area contributed by atoms with Crippen molar-refractivity contribution in [1.82, 2.24) is 5.16 Å². The first-order valence-corrected chi connectivity index (χ1v) is 8.55. The Morgan fingerprint density at radius 3 is 2.54 bits per heavy atom. The molecule has 0 unspecified atom stereocenters. The van der Waals surface area contributed by atoms with Crippen molar-refractivity contribution in [2.45, 2.75) is 13.8 Å². The summed E-state index contributed by atoms with van der Waals surface area (Å²) in [5.74, 6) is -1.04. The summed E-state index contributed by atoms with van der Waals surface area (Å²) in [6, 6.07) is 15.6. The van der Waals surface area contributed by atoms with Gasteiger partial charge in [-0.1, -0.05) is 47.6 Å². The third-order valence-corrected chi connectivity index (χ3v) is 4.00. The molecule has 0 saturated carbocycles. The van der Waals surface area contributed by atoms with Crippen molar-refractivity contribution < 1.29 is 23.6 Å². The van der Waals surface area contributed by atoms with E-state index >= 15 is 0 Å². The topological polar surface area (TPSA) is 98.5 Å². The minimum Gasteiger partial charge on any atom is -0.452 e. The fourth-order valence-electron chi connectivity index (χ4n) is 2.62. The normalized spacial score (nSPS) is 10.4. The molecule has 1 amide bonds. The molecule has 1 N–H and O–H groups in total. The van der Waals surface area contributed by atoms with E-state index in [0.717, 1.165) is 0 Å². The van der Waals surface area contributed by atoms with Gasteiger partial charge >= 0.3 is 5.97 Å². The van der Waals surface area contributed by atoms with E-state index in [1.165, 1.54) is 6.92 Å². The number of benzene rings is 2. The summed E-state index contributed by atoms with van der Waals surface area (Å²) in [5, 5.41) is 6.51. The van der Waals surface area contributed by atoms with Gasteiger partial charge in [-0.15, -0.1) is 0 Å². The molecule has 3 rings (SSSR count). The smallest absolute Gasteiger partial charge is 0.344 e. The van der Waals surface area contributed by atoms with Gasteiger partial charge in [0.15, 0.2) is 12.4 Å². The number of carbonyl (C=O) groups is 3. The summed E-state index contributed by atoms with van der Waals surface area (Å²) in [5.41, 5.74) is 2.16. The van der Waals surface area contributed by atoms with Crippen LogP contribution in [0.3, 0.4) is 0 Å². The molecule has 0 spiro atoms. The Labute approximate surface area is 161 Å². The number of anilines is 1. The molecule has 0 saturated heterocycles. The Hall–Kier alpha value is -3.74. The number of rotatable bonds is 6. The van der Waals surface area contributed by atoms with E-state index in [9.17, 15) is 14.4 Å². The van der Waals surface area contributed by atoms with Crippen molar-refractivity contribution in [3.63, 3.8) is 0 Å². The highest BCUT2D eigenvalue weighted by Gasteiger charge is 2.23. The summed E-state index contributed by atoms with van der Waals surface area (Å²) in [6.07, 6.45) is 0. The Morgan fingerprint density at radius 2 is 1.82 bits per heavy atom. The van der Waals surface area contributed by atoms with Crippen molar-refractivity contribution in [3.8, 4) is 11.3 Å². The average Bonchev–Trinajstić information content (AvgIpc) is 3.08. The molecule has 142 valence electrons.